The molecule has 1 aliphatic heterocycles. The third-order valence-electron chi connectivity index (χ3n) is 2.78. The molecule has 0 radical (unpaired) electrons. The minimum Gasteiger partial charge on any atom is -0.394 e. The Bertz CT molecular complexity index is 536. The molecule has 0 spiro atoms. The SMILES string of the molecule is C=CC(O)C(=NOS(=O)(=O)O)SC1OC(CO)C(O)C(O)C1O. The van der Waals surface area contributed by atoms with Gasteiger partial charge in [0.2, 0.25) is 0 Å². The fourth-order valence-electron chi connectivity index (χ4n) is 1.61. The van der Waals surface area contributed by atoms with Gasteiger partial charge in [-0.05, 0) is 0 Å². The Labute approximate surface area is 135 Å². The lowest BCUT2D eigenvalue weighted by molar-refractivity contribution is -0.205. The number of thioether (sulfide) groups is 1. The van der Waals surface area contributed by atoms with E-state index in [2.05, 4.69) is 16.0 Å². The van der Waals surface area contributed by atoms with E-state index >= 15 is 0 Å². The van der Waals surface area contributed by atoms with Crippen molar-refractivity contribution in [1.29, 1.82) is 0 Å². The standard InChI is InChI=1S/C10H17NO10S2/c1-2-4(13)9(11-21-23(17,18)19)22-10-8(16)7(15)6(14)5(3-12)20-10/h2,4-8,10,12-16H,1,3H2,(H,17,18,19). The van der Waals surface area contributed by atoms with Gasteiger partial charge in [-0.15, -0.1) is 6.58 Å². The van der Waals surface area contributed by atoms with Crippen LogP contribution in [0.2, 0.25) is 0 Å². The minimum atomic E-state index is -4.93. The zero-order valence-corrected chi connectivity index (χ0v) is 13.2. The van der Waals surface area contributed by atoms with Gasteiger partial charge in [0, 0.05) is 0 Å². The Balaban J connectivity index is 2.95. The Hall–Kier alpha value is -0.770. The van der Waals surface area contributed by atoms with Crippen molar-refractivity contribution in [2.24, 2.45) is 5.16 Å². The first-order valence-electron chi connectivity index (χ1n) is 6.12. The smallest absolute Gasteiger partial charge is 0.394 e. The summed E-state index contributed by atoms with van der Waals surface area (Å²) >= 11 is 0.446. The zero-order valence-electron chi connectivity index (χ0n) is 11.5. The van der Waals surface area contributed by atoms with Crippen molar-refractivity contribution in [3.05, 3.63) is 12.7 Å². The first-order chi connectivity index (χ1) is 10.6. The molecular weight excluding hydrogens is 358 g/mol. The number of hydrogen-bond donors (Lipinski definition) is 6. The molecule has 0 aliphatic carbocycles. The highest BCUT2D eigenvalue weighted by molar-refractivity contribution is 8.14. The van der Waals surface area contributed by atoms with Crippen LogP contribution in [0.25, 0.3) is 0 Å². The van der Waals surface area contributed by atoms with Crippen LogP contribution in [0.15, 0.2) is 17.8 Å². The highest BCUT2D eigenvalue weighted by Gasteiger charge is 2.44. The summed E-state index contributed by atoms with van der Waals surface area (Å²) in [7, 11) is -4.93. The van der Waals surface area contributed by atoms with Gasteiger partial charge in [0.15, 0.2) is 0 Å². The third kappa shape index (κ3) is 5.66. The van der Waals surface area contributed by atoms with Crippen LogP contribution in [0.3, 0.4) is 0 Å². The van der Waals surface area contributed by atoms with Gasteiger partial charge < -0.3 is 30.3 Å². The lowest BCUT2D eigenvalue weighted by Crippen LogP contribution is -2.57. The minimum absolute atomic E-state index is 0.446. The molecule has 11 nitrogen and oxygen atoms in total. The van der Waals surface area contributed by atoms with Crippen molar-refractivity contribution in [3.63, 3.8) is 0 Å². The molecule has 13 heteroatoms. The molecule has 0 saturated carbocycles. The van der Waals surface area contributed by atoms with E-state index in [4.69, 9.17) is 14.4 Å². The molecule has 0 aromatic heterocycles. The Morgan fingerprint density at radius 1 is 1.35 bits per heavy atom. The van der Waals surface area contributed by atoms with E-state index in [0.29, 0.717) is 11.8 Å². The van der Waals surface area contributed by atoms with E-state index in [9.17, 15) is 28.8 Å². The second-order valence-corrected chi connectivity index (χ2v) is 6.55. The number of hydrogen-bond acceptors (Lipinski definition) is 11. The van der Waals surface area contributed by atoms with Crippen molar-refractivity contribution in [2.45, 2.75) is 36.0 Å². The summed E-state index contributed by atoms with van der Waals surface area (Å²) in [6.45, 7) is 2.59. The summed E-state index contributed by atoms with van der Waals surface area (Å²) in [5, 5.41) is 50.4. The molecule has 6 N–H and O–H groups in total. The van der Waals surface area contributed by atoms with Gasteiger partial charge in [-0.2, -0.15) is 8.42 Å². The third-order valence-corrected chi connectivity index (χ3v) is 4.23. The first-order valence-corrected chi connectivity index (χ1v) is 8.37. The molecule has 6 atom stereocenters. The molecule has 0 aromatic carbocycles. The summed E-state index contributed by atoms with van der Waals surface area (Å²) in [6.07, 6.45) is -6.67. The molecule has 1 aliphatic rings. The van der Waals surface area contributed by atoms with Crippen LogP contribution >= 0.6 is 11.8 Å². The summed E-state index contributed by atoms with van der Waals surface area (Å²) in [6, 6.07) is 0. The average Bonchev–Trinajstić information content (AvgIpc) is 2.49. The van der Waals surface area contributed by atoms with Gasteiger partial charge in [-0.3, -0.25) is 4.55 Å². The van der Waals surface area contributed by atoms with E-state index in [0.717, 1.165) is 6.08 Å². The molecule has 23 heavy (non-hydrogen) atoms. The zero-order chi connectivity index (χ0) is 17.8. The maximum atomic E-state index is 10.5. The quantitative estimate of drug-likeness (QED) is 0.0925. The van der Waals surface area contributed by atoms with Crippen LogP contribution < -0.4 is 0 Å². The lowest BCUT2D eigenvalue weighted by Gasteiger charge is -2.39. The van der Waals surface area contributed by atoms with Crippen molar-refractivity contribution in [1.82, 2.24) is 0 Å². The number of aliphatic hydroxyl groups excluding tert-OH is 5. The molecule has 1 saturated heterocycles. The van der Waals surface area contributed by atoms with E-state index in [1.807, 2.05) is 0 Å². The average molecular weight is 375 g/mol. The van der Waals surface area contributed by atoms with Crippen LogP contribution in [0.1, 0.15) is 0 Å². The van der Waals surface area contributed by atoms with Crippen molar-refractivity contribution in [2.75, 3.05) is 6.61 Å². The van der Waals surface area contributed by atoms with Crippen molar-refractivity contribution in [3.8, 4) is 0 Å². The number of aliphatic hydroxyl groups is 5. The monoisotopic (exact) mass is 375 g/mol. The largest absolute Gasteiger partial charge is 0.466 e. The summed E-state index contributed by atoms with van der Waals surface area (Å²) in [5.74, 6) is 0. The Morgan fingerprint density at radius 3 is 2.43 bits per heavy atom. The second-order valence-electron chi connectivity index (χ2n) is 4.43. The summed E-state index contributed by atoms with van der Waals surface area (Å²) in [4.78, 5) is 0. The van der Waals surface area contributed by atoms with Crippen LogP contribution in [0.5, 0.6) is 0 Å². The molecule has 0 aromatic rings. The molecule has 1 rings (SSSR count). The Morgan fingerprint density at radius 2 is 1.96 bits per heavy atom. The second kappa shape index (κ2) is 8.36. The lowest BCUT2D eigenvalue weighted by atomic mass is 10.0. The fourth-order valence-corrected chi connectivity index (χ4v) is 2.89. The van der Waals surface area contributed by atoms with Crippen molar-refractivity contribution < 1.29 is 47.5 Å². The highest BCUT2D eigenvalue weighted by Crippen LogP contribution is 2.30. The van der Waals surface area contributed by atoms with E-state index in [1.165, 1.54) is 0 Å². The normalized spacial score (nSPS) is 34.0. The number of oxime groups is 1. The van der Waals surface area contributed by atoms with Gasteiger partial charge in [-0.25, -0.2) is 4.28 Å². The summed E-state index contributed by atoms with van der Waals surface area (Å²) < 4.78 is 38.4. The predicted molar refractivity (Wildman–Crippen MR) is 77.6 cm³/mol. The maximum absolute atomic E-state index is 10.5. The molecule has 0 amide bonds. The van der Waals surface area contributed by atoms with Crippen LogP contribution in [-0.2, 0) is 19.4 Å². The topological polar surface area (TPSA) is 186 Å². The van der Waals surface area contributed by atoms with E-state index < -0.39 is 58.0 Å². The number of rotatable bonds is 6. The number of ether oxygens (including phenoxy) is 1. The molecule has 0 bridgehead atoms. The van der Waals surface area contributed by atoms with E-state index in [-0.39, 0.29) is 0 Å². The number of nitrogens with zero attached hydrogens (tertiary/aromatic N) is 1. The van der Waals surface area contributed by atoms with Gasteiger partial charge in [0.1, 0.15) is 41.0 Å². The van der Waals surface area contributed by atoms with Gasteiger partial charge in [0.25, 0.3) is 0 Å². The van der Waals surface area contributed by atoms with Gasteiger partial charge in [0.05, 0.1) is 6.61 Å². The predicted octanol–water partition coefficient (Wildman–Crippen LogP) is -2.80. The first kappa shape index (κ1) is 20.3. The summed E-state index contributed by atoms with van der Waals surface area (Å²) in [5.41, 5.74) is -1.33. The van der Waals surface area contributed by atoms with Crippen LogP contribution in [-0.4, -0.2) is 86.1 Å². The molecule has 134 valence electrons. The Kier molecular flexibility index (Phi) is 7.37. The van der Waals surface area contributed by atoms with Crippen LogP contribution in [0, 0.1) is 0 Å². The van der Waals surface area contributed by atoms with E-state index in [1.54, 1.807) is 0 Å². The van der Waals surface area contributed by atoms with Crippen molar-refractivity contribution >= 4 is 27.2 Å². The van der Waals surface area contributed by atoms with Crippen LogP contribution in [0.4, 0.5) is 0 Å². The van der Waals surface area contributed by atoms with Gasteiger partial charge in [-0.1, -0.05) is 23.0 Å². The molecule has 1 heterocycles. The molecule has 1 fully saturated rings. The molecular formula is C10H17NO10S2. The maximum Gasteiger partial charge on any atom is 0.466 e. The highest BCUT2D eigenvalue weighted by atomic mass is 32.3. The van der Waals surface area contributed by atoms with Gasteiger partial charge >= 0.3 is 10.4 Å². The fraction of sp³-hybridized carbons (Fsp3) is 0.700. The molecule has 6 unspecified atom stereocenters.